The number of aliphatic hydroxyl groups excluding tert-OH is 1. The van der Waals surface area contributed by atoms with Crippen LogP contribution in [-0.2, 0) is 13.0 Å². The molecule has 0 aromatic heterocycles. The van der Waals surface area contributed by atoms with E-state index in [1.807, 2.05) is 0 Å². The van der Waals surface area contributed by atoms with Gasteiger partial charge >= 0.3 is 0 Å². The van der Waals surface area contributed by atoms with E-state index in [0.717, 1.165) is 32.6 Å². The van der Waals surface area contributed by atoms with Crippen LogP contribution < -0.4 is 5.73 Å². The van der Waals surface area contributed by atoms with Crippen LogP contribution in [0.4, 0.5) is 0 Å². The Morgan fingerprint density at radius 3 is 2.54 bits per heavy atom. The summed E-state index contributed by atoms with van der Waals surface area (Å²) < 4.78 is 0. The highest BCUT2D eigenvalue weighted by atomic mass is 16.3. The molecule has 1 unspecified atom stereocenters. The van der Waals surface area contributed by atoms with Crippen molar-refractivity contribution in [2.75, 3.05) is 32.7 Å². The molecule has 5 nitrogen and oxygen atoms in total. The van der Waals surface area contributed by atoms with Crippen LogP contribution in [0.5, 0.6) is 0 Å². The maximum absolute atomic E-state index is 10.3. The molecule has 1 aromatic rings. The summed E-state index contributed by atoms with van der Waals surface area (Å²) in [6, 6.07) is 8.58. The average molecular weight is 330 g/mol. The maximum Gasteiger partial charge on any atom is 0.191 e. The highest BCUT2D eigenvalue weighted by molar-refractivity contribution is 5.78. The first kappa shape index (κ1) is 17.2. The molecule has 3 N–H and O–H groups in total. The van der Waals surface area contributed by atoms with Crippen molar-refractivity contribution in [2.45, 2.75) is 44.8 Å². The molecular formula is C19H30N4O. The lowest BCUT2D eigenvalue weighted by Crippen LogP contribution is -2.40. The van der Waals surface area contributed by atoms with Gasteiger partial charge in [0, 0.05) is 32.7 Å². The van der Waals surface area contributed by atoms with Crippen molar-refractivity contribution in [3.8, 4) is 0 Å². The first-order chi connectivity index (χ1) is 11.7. The lowest BCUT2D eigenvalue weighted by atomic mass is 10.00. The molecule has 1 atom stereocenters. The molecule has 5 heteroatoms. The van der Waals surface area contributed by atoms with Crippen molar-refractivity contribution in [1.82, 2.24) is 9.80 Å². The van der Waals surface area contributed by atoms with Crippen LogP contribution in [0.3, 0.4) is 0 Å². The SMILES string of the molecule is NC(=NCC(O)CN1CCc2ccccc2C1)N1CCCCCC1. The highest BCUT2D eigenvalue weighted by Gasteiger charge is 2.18. The summed E-state index contributed by atoms with van der Waals surface area (Å²) in [5.74, 6) is 0.597. The molecule has 0 aliphatic carbocycles. The number of nitrogens with zero attached hydrogens (tertiary/aromatic N) is 3. The molecule has 24 heavy (non-hydrogen) atoms. The predicted octanol–water partition coefficient (Wildman–Crippen LogP) is 1.60. The second-order valence-electron chi connectivity index (χ2n) is 7.01. The third-order valence-corrected chi connectivity index (χ3v) is 5.07. The number of aliphatic hydroxyl groups is 1. The molecule has 1 aromatic carbocycles. The third kappa shape index (κ3) is 4.71. The quantitative estimate of drug-likeness (QED) is 0.650. The molecule has 0 bridgehead atoms. The molecule has 1 fully saturated rings. The zero-order chi connectivity index (χ0) is 16.8. The van der Waals surface area contributed by atoms with Crippen LogP contribution in [0, 0.1) is 0 Å². The number of rotatable bonds is 4. The Labute approximate surface area is 145 Å². The van der Waals surface area contributed by atoms with E-state index < -0.39 is 6.10 Å². The molecule has 0 radical (unpaired) electrons. The standard InChI is InChI=1S/C19H30N4O/c20-19(23-10-5-1-2-6-11-23)21-13-18(24)15-22-12-9-16-7-3-4-8-17(16)14-22/h3-4,7-8,18,24H,1-2,5-6,9-15H2,(H2,20,21). The van der Waals surface area contributed by atoms with E-state index in [-0.39, 0.29) is 0 Å². The van der Waals surface area contributed by atoms with Gasteiger partial charge in [0.25, 0.3) is 0 Å². The maximum atomic E-state index is 10.3. The van der Waals surface area contributed by atoms with Gasteiger partial charge in [-0.3, -0.25) is 9.89 Å². The number of fused-ring (bicyclic) bond motifs is 1. The van der Waals surface area contributed by atoms with Crippen LogP contribution in [0.2, 0.25) is 0 Å². The van der Waals surface area contributed by atoms with E-state index in [1.165, 1.54) is 36.8 Å². The highest BCUT2D eigenvalue weighted by Crippen LogP contribution is 2.18. The van der Waals surface area contributed by atoms with Gasteiger partial charge in [-0.25, -0.2) is 0 Å². The molecule has 2 heterocycles. The Balaban J connectivity index is 1.47. The molecular weight excluding hydrogens is 300 g/mol. The zero-order valence-electron chi connectivity index (χ0n) is 14.5. The molecule has 3 rings (SSSR count). The number of β-amino-alcohol motifs (C(OH)–C–C–N with tert-alkyl or cyclic N) is 1. The molecule has 0 amide bonds. The molecule has 2 aliphatic heterocycles. The third-order valence-electron chi connectivity index (χ3n) is 5.07. The first-order valence-electron chi connectivity index (χ1n) is 9.24. The van der Waals surface area contributed by atoms with Gasteiger partial charge in [0.2, 0.25) is 0 Å². The minimum absolute atomic E-state index is 0.389. The van der Waals surface area contributed by atoms with Crippen molar-refractivity contribution in [2.24, 2.45) is 10.7 Å². The van der Waals surface area contributed by atoms with Gasteiger partial charge in [0.1, 0.15) is 0 Å². The van der Waals surface area contributed by atoms with Gasteiger partial charge in [-0.15, -0.1) is 0 Å². The monoisotopic (exact) mass is 330 g/mol. The lowest BCUT2D eigenvalue weighted by Gasteiger charge is -2.30. The van der Waals surface area contributed by atoms with Crippen LogP contribution in [0.1, 0.15) is 36.8 Å². The van der Waals surface area contributed by atoms with Crippen molar-refractivity contribution >= 4 is 5.96 Å². The predicted molar refractivity (Wildman–Crippen MR) is 98.0 cm³/mol. The second-order valence-corrected chi connectivity index (χ2v) is 7.01. The summed E-state index contributed by atoms with van der Waals surface area (Å²) in [5, 5.41) is 10.3. The van der Waals surface area contributed by atoms with Crippen molar-refractivity contribution < 1.29 is 5.11 Å². The van der Waals surface area contributed by atoms with Crippen LogP contribution in [0.25, 0.3) is 0 Å². The van der Waals surface area contributed by atoms with Gasteiger partial charge in [-0.05, 0) is 30.4 Å². The number of hydrogen-bond acceptors (Lipinski definition) is 3. The summed E-state index contributed by atoms with van der Waals surface area (Å²) in [5.41, 5.74) is 8.93. The van der Waals surface area contributed by atoms with Crippen LogP contribution in [-0.4, -0.2) is 59.7 Å². The summed E-state index contributed by atoms with van der Waals surface area (Å²) in [6.45, 7) is 4.95. The fourth-order valence-electron chi connectivity index (χ4n) is 3.66. The number of likely N-dealkylation sites (tertiary alicyclic amines) is 1. The first-order valence-corrected chi connectivity index (χ1v) is 9.24. The van der Waals surface area contributed by atoms with Crippen molar-refractivity contribution in [1.29, 1.82) is 0 Å². The molecule has 132 valence electrons. The topological polar surface area (TPSA) is 65.1 Å². The summed E-state index contributed by atoms with van der Waals surface area (Å²) >= 11 is 0. The number of hydrogen-bond donors (Lipinski definition) is 2. The van der Waals surface area contributed by atoms with Gasteiger partial charge in [-0.1, -0.05) is 37.1 Å². The van der Waals surface area contributed by atoms with Crippen molar-refractivity contribution in [3.63, 3.8) is 0 Å². The normalized spacial score (nSPS) is 21.2. The number of nitrogens with two attached hydrogens (primary N) is 1. The second kappa shape index (κ2) is 8.49. The number of guanidine groups is 1. The van der Waals surface area contributed by atoms with E-state index in [4.69, 9.17) is 5.73 Å². The van der Waals surface area contributed by atoms with Gasteiger partial charge in [0.05, 0.1) is 12.6 Å². The Morgan fingerprint density at radius 2 is 1.79 bits per heavy atom. The summed E-state index contributed by atoms with van der Waals surface area (Å²) in [7, 11) is 0. The van der Waals surface area contributed by atoms with Gasteiger partial charge < -0.3 is 15.7 Å². The van der Waals surface area contributed by atoms with Gasteiger partial charge in [0.15, 0.2) is 5.96 Å². The number of benzene rings is 1. The van der Waals surface area contributed by atoms with E-state index >= 15 is 0 Å². The molecule has 0 saturated carbocycles. The Bertz CT molecular complexity index is 552. The Kier molecular flexibility index (Phi) is 6.10. The minimum atomic E-state index is -0.458. The minimum Gasteiger partial charge on any atom is -0.390 e. The largest absolute Gasteiger partial charge is 0.390 e. The van der Waals surface area contributed by atoms with E-state index in [2.05, 4.69) is 39.1 Å². The molecule has 1 saturated heterocycles. The van der Waals surface area contributed by atoms with Gasteiger partial charge in [-0.2, -0.15) is 0 Å². The molecule has 0 spiro atoms. The fraction of sp³-hybridized carbons (Fsp3) is 0.632. The summed E-state index contributed by atoms with van der Waals surface area (Å²) in [6.07, 6.45) is 5.53. The van der Waals surface area contributed by atoms with Crippen LogP contribution in [0.15, 0.2) is 29.3 Å². The van der Waals surface area contributed by atoms with E-state index in [0.29, 0.717) is 19.0 Å². The number of aliphatic imine (C=N–C) groups is 1. The summed E-state index contributed by atoms with van der Waals surface area (Å²) in [4.78, 5) is 8.92. The zero-order valence-corrected chi connectivity index (χ0v) is 14.5. The van der Waals surface area contributed by atoms with Crippen LogP contribution >= 0.6 is 0 Å². The fourth-order valence-corrected chi connectivity index (χ4v) is 3.66. The average Bonchev–Trinajstić information content (AvgIpc) is 2.89. The smallest absolute Gasteiger partial charge is 0.191 e. The molecule has 2 aliphatic rings. The van der Waals surface area contributed by atoms with E-state index in [9.17, 15) is 5.11 Å². The lowest BCUT2D eigenvalue weighted by molar-refractivity contribution is 0.111. The van der Waals surface area contributed by atoms with E-state index in [1.54, 1.807) is 0 Å². The Morgan fingerprint density at radius 1 is 1.08 bits per heavy atom. The Hall–Kier alpha value is -1.59. The van der Waals surface area contributed by atoms with Crippen molar-refractivity contribution in [3.05, 3.63) is 35.4 Å².